The van der Waals surface area contributed by atoms with E-state index in [0.717, 1.165) is 53.3 Å². The van der Waals surface area contributed by atoms with Crippen molar-refractivity contribution >= 4 is 22.5 Å². The van der Waals surface area contributed by atoms with E-state index < -0.39 is 18.6 Å². The SMILES string of the molecule is N#Cc1cc(-c2cccc3cnccc23)c(C2CC2)nc1N1CCN(C(=O)C2CC2)C(CC(F)(F)F)C1. The number of piperazine rings is 1. The summed E-state index contributed by atoms with van der Waals surface area (Å²) in [5.41, 5.74) is 3.06. The summed E-state index contributed by atoms with van der Waals surface area (Å²) in [5.74, 6) is 0.344. The molecule has 0 bridgehead atoms. The van der Waals surface area contributed by atoms with Crippen molar-refractivity contribution in [2.75, 3.05) is 24.5 Å². The van der Waals surface area contributed by atoms with Crippen LogP contribution >= 0.6 is 0 Å². The summed E-state index contributed by atoms with van der Waals surface area (Å²) >= 11 is 0. The van der Waals surface area contributed by atoms with Gasteiger partial charge in [-0.05, 0) is 48.8 Å². The molecule has 9 heteroatoms. The fourth-order valence-corrected chi connectivity index (χ4v) is 5.43. The highest BCUT2D eigenvalue weighted by Crippen LogP contribution is 2.46. The van der Waals surface area contributed by atoms with Crippen LogP contribution in [0.15, 0.2) is 42.7 Å². The van der Waals surface area contributed by atoms with E-state index in [2.05, 4.69) is 11.1 Å². The predicted octanol–water partition coefficient (Wildman–Crippen LogP) is 5.43. The molecule has 0 spiro atoms. The number of hydrogen-bond acceptors (Lipinski definition) is 5. The van der Waals surface area contributed by atoms with Gasteiger partial charge in [-0.3, -0.25) is 9.78 Å². The van der Waals surface area contributed by atoms with E-state index in [1.54, 1.807) is 17.3 Å². The van der Waals surface area contributed by atoms with Crippen molar-refractivity contribution in [3.05, 3.63) is 54.0 Å². The number of pyridine rings is 2. The van der Waals surface area contributed by atoms with Crippen LogP contribution in [0.25, 0.3) is 21.9 Å². The highest BCUT2D eigenvalue weighted by molar-refractivity contribution is 5.97. The van der Waals surface area contributed by atoms with Crippen LogP contribution in [-0.2, 0) is 4.79 Å². The van der Waals surface area contributed by atoms with Gasteiger partial charge in [-0.25, -0.2) is 4.98 Å². The summed E-state index contributed by atoms with van der Waals surface area (Å²) in [6.45, 7) is 0.542. The van der Waals surface area contributed by atoms with E-state index in [9.17, 15) is 23.2 Å². The van der Waals surface area contributed by atoms with Crippen LogP contribution in [0.4, 0.5) is 19.0 Å². The monoisotopic (exact) mass is 505 g/mol. The number of amides is 1. The molecule has 6 rings (SSSR count). The highest BCUT2D eigenvalue weighted by Gasteiger charge is 2.44. The molecule has 3 aromatic rings. The van der Waals surface area contributed by atoms with E-state index in [1.165, 1.54) is 4.90 Å². The molecule has 190 valence electrons. The maximum absolute atomic E-state index is 13.5. The summed E-state index contributed by atoms with van der Waals surface area (Å²) in [7, 11) is 0. The minimum Gasteiger partial charge on any atom is -0.352 e. The fourth-order valence-electron chi connectivity index (χ4n) is 5.43. The second-order valence-corrected chi connectivity index (χ2v) is 10.3. The Balaban J connectivity index is 1.39. The Bertz CT molecular complexity index is 1400. The zero-order valence-electron chi connectivity index (χ0n) is 20.2. The molecule has 3 fully saturated rings. The zero-order chi connectivity index (χ0) is 25.7. The Kier molecular flexibility index (Phi) is 5.78. The zero-order valence-corrected chi connectivity index (χ0v) is 20.2. The van der Waals surface area contributed by atoms with Crippen LogP contribution in [0.5, 0.6) is 0 Å². The minimum atomic E-state index is -4.40. The minimum absolute atomic E-state index is 0.00302. The average Bonchev–Trinajstić information content (AvgIpc) is 3.80. The number of nitriles is 1. The number of anilines is 1. The number of rotatable bonds is 5. The first kappa shape index (κ1) is 23.7. The maximum Gasteiger partial charge on any atom is 0.391 e. The van der Waals surface area contributed by atoms with E-state index >= 15 is 0 Å². The number of nitrogens with zero attached hydrogens (tertiary/aromatic N) is 5. The van der Waals surface area contributed by atoms with E-state index in [4.69, 9.17) is 4.98 Å². The molecule has 3 aliphatic rings. The normalized spacial score (nSPS) is 20.2. The van der Waals surface area contributed by atoms with Crippen LogP contribution in [0.2, 0.25) is 0 Å². The maximum atomic E-state index is 13.5. The third-order valence-electron chi connectivity index (χ3n) is 7.55. The number of alkyl halides is 3. The molecular weight excluding hydrogens is 479 g/mol. The lowest BCUT2D eigenvalue weighted by molar-refractivity contribution is -0.156. The standard InChI is InChI=1S/C28H26F3N5O/c29-28(30,31)13-21-16-35(10-11-36(21)27(37)18-6-7-18)26-20(14-32)12-24(25(34-26)17-4-5-17)23-3-1-2-19-15-33-9-8-22(19)23/h1-3,8-9,12,15,17-18,21H,4-7,10-11,13,16H2. The van der Waals surface area contributed by atoms with Crippen LogP contribution in [-0.4, -0.2) is 52.6 Å². The predicted molar refractivity (Wildman–Crippen MR) is 133 cm³/mol. The molecule has 1 saturated heterocycles. The molecule has 37 heavy (non-hydrogen) atoms. The van der Waals surface area contributed by atoms with Crippen molar-refractivity contribution in [3.63, 3.8) is 0 Å². The van der Waals surface area contributed by atoms with Crippen LogP contribution < -0.4 is 4.90 Å². The summed E-state index contributed by atoms with van der Waals surface area (Å²) in [4.78, 5) is 25.1. The molecular formula is C28H26F3N5O. The van der Waals surface area contributed by atoms with Crippen molar-refractivity contribution in [2.45, 2.75) is 50.2 Å². The van der Waals surface area contributed by atoms with Gasteiger partial charge in [0.1, 0.15) is 11.9 Å². The molecule has 2 aromatic heterocycles. The molecule has 1 amide bonds. The van der Waals surface area contributed by atoms with Gasteiger partial charge >= 0.3 is 6.18 Å². The summed E-state index contributed by atoms with van der Waals surface area (Å²) in [5, 5.41) is 12.1. The topological polar surface area (TPSA) is 73.1 Å². The van der Waals surface area contributed by atoms with Gasteiger partial charge in [-0.1, -0.05) is 18.2 Å². The number of halogens is 3. The third kappa shape index (κ3) is 4.73. The smallest absolute Gasteiger partial charge is 0.352 e. The Hall–Kier alpha value is -3.67. The molecule has 1 aliphatic heterocycles. The van der Waals surface area contributed by atoms with Crippen LogP contribution in [0, 0.1) is 17.2 Å². The molecule has 0 N–H and O–H groups in total. The van der Waals surface area contributed by atoms with E-state index in [-0.39, 0.29) is 30.8 Å². The van der Waals surface area contributed by atoms with Gasteiger partial charge in [-0.2, -0.15) is 18.4 Å². The van der Waals surface area contributed by atoms with Gasteiger partial charge in [0.25, 0.3) is 0 Å². The lowest BCUT2D eigenvalue weighted by atomic mass is 9.95. The van der Waals surface area contributed by atoms with Gasteiger partial charge in [0.15, 0.2) is 0 Å². The first-order valence-corrected chi connectivity index (χ1v) is 12.7. The molecule has 0 radical (unpaired) electrons. The molecule has 1 atom stereocenters. The number of benzene rings is 1. The van der Waals surface area contributed by atoms with Gasteiger partial charge < -0.3 is 9.80 Å². The van der Waals surface area contributed by atoms with Crippen LogP contribution in [0.1, 0.15) is 49.3 Å². The number of carbonyl (C=O) groups is 1. The number of carbonyl (C=O) groups excluding carboxylic acids is 1. The van der Waals surface area contributed by atoms with Crippen molar-refractivity contribution in [2.24, 2.45) is 5.92 Å². The van der Waals surface area contributed by atoms with E-state index in [1.807, 2.05) is 30.3 Å². The van der Waals surface area contributed by atoms with Crippen LogP contribution in [0.3, 0.4) is 0 Å². The average molecular weight is 506 g/mol. The molecule has 1 unspecified atom stereocenters. The summed E-state index contributed by atoms with van der Waals surface area (Å²) in [6, 6.07) is 11.0. The molecule has 2 aliphatic carbocycles. The van der Waals surface area contributed by atoms with Gasteiger partial charge in [0.05, 0.1) is 23.7 Å². The van der Waals surface area contributed by atoms with Gasteiger partial charge in [0.2, 0.25) is 5.91 Å². The molecule has 2 saturated carbocycles. The highest BCUT2D eigenvalue weighted by atomic mass is 19.4. The molecule has 3 heterocycles. The van der Waals surface area contributed by atoms with Crippen molar-refractivity contribution in [3.8, 4) is 17.2 Å². The number of fused-ring (bicyclic) bond motifs is 1. The Morgan fingerprint density at radius 2 is 1.92 bits per heavy atom. The first-order chi connectivity index (χ1) is 17.8. The molecule has 1 aromatic carbocycles. The van der Waals surface area contributed by atoms with Crippen molar-refractivity contribution < 1.29 is 18.0 Å². The quantitative estimate of drug-likeness (QED) is 0.463. The fraction of sp³-hybridized carbons (Fsp3) is 0.429. The Labute approximate surface area is 212 Å². The van der Waals surface area contributed by atoms with Gasteiger partial charge in [0, 0.05) is 54.8 Å². The van der Waals surface area contributed by atoms with Gasteiger partial charge in [-0.15, -0.1) is 0 Å². The summed E-state index contributed by atoms with van der Waals surface area (Å²) in [6.07, 6.45) is 1.53. The summed E-state index contributed by atoms with van der Waals surface area (Å²) < 4.78 is 40.5. The van der Waals surface area contributed by atoms with E-state index in [0.29, 0.717) is 17.9 Å². The second-order valence-electron chi connectivity index (χ2n) is 10.3. The second kappa shape index (κ2) is 9.02. The molecule has 6 nitrogen and oxygen atoms in total. The largest absolute Gasteiger partial charge is 0.391 e. The van der Waals surface area contributed by atoms with Crippen molar-refractivity contribution in [1.29, 1.82) is 5.26 Å². The lowest BCUT2D eigenvalue weighted by Crippen LogP contribution is -2.57. The van der Waals surface area contributed by atoms with Crippen molar-refractivity contribution in [1.82, 2.24) is 14.9 Å². The first-order valence-electron chi connectivity index (χ1n) is 12.7. The third-order valence-corrected chi connectivity index (χ3v) is 7.55. The number of hydrogen-bond donors (Lipinski definition) is 0. The number of aromatic nitrogens is 2. The Morgan fingerprint density at radius 3 is 2.62 bits per heavy atom. The Morgan fingerprint density at radius 1 is 1.11 bits per heavy atom. The lowest BCUT2D eigenvalue weighted by Gasteiger charge is -2.42.